The molecule has 5 atom stereocenters. The van der Waals surface area contributed by atoms with Crippen molar-refractivity contribution in [1.29, 1.82) is 0 Å². The fraction of sp³-hybridized carbons (Fsp3) is 0.449. The van der Waals surface area contributed by atoms with E-state index in [2.05, 4.69) is 35.3 Å². The van der Waals surface area contributed by atoms with Crippen molar-refractivity contribution in [3.05, 3.63) is 82.3 Å². The highest BCUT2D eigenvalue weighted by Crippen LogP contribution is 2.50. The quantitative estimate of drug-likeness (QED) is 0.0920. The second-order valence-electron chi connectivity index (χ2n) is 19.1. The zero-order valence-electron chi connectivity index (χ0n) is 39.1. The van der Waals surface area contributed by atoms with Crippen molar-refractivity contribution in [3.63, 3.8) is 0 Å². The summed E-state index contributed by atoms with van der Waals surface area (Å²) in [6, 6.07) is 8.03. The maximum absolute atomic E-state index is 16.9. The van der Waals surface area contributed by atoms with Gasteiger partial charge in [-0.3, -0.25) is 14.2 Å². The number of aromatic nitrogens is 6. The Morgan fingerprint density at radius 2 is 1.46 bits per heavy atom. The number of aromatic amines is 2. The average Bonchev–Trinajstić information content (AvgIpc) is 4.05. The Bertz CT molecular complexity index is 2970. The van der Waals surface area contributed by atoms with Gasteiger partial charge < -0.3 is 44.6 Å². The first-order chi connectivity index (χ1) is 33.1. The number of likely N-dealkylation sites (tertiary alicyclic amines) is 2. The van der Waals surface area contributed by atoms with Crippen molar-refractivity contribution in [1.82, 2.24) is 49.9 Å². The summed E-state index contributed by atoms with van der Waals surface area (Å²) < 4.78 is 50.5. The van der Waals surface area contributed by atoms with E-state index in [0.717, 1.165) is 47.8 Å². The number of alkyl halides is 1. The molecule has 0 radical (unpaired) electrons. The van der Waals surface area contributed by atoms with Crippen LogP contribution in [0.2, 0.25) is 0 Å². The Balaban J connectivity index is 0.964. The van der Waals surface area contributed by atoms with E-state index < -0.39 is 53.9 Å². The number of thiazole rings is 1. The summed E-state index contributed by atoms with van der Waals surface area (Å²) in [5, 5.41) is 6.60. The molecule has 1 aliphatic carbocycles. The van der Waals surface area contributed by atoms with Crippen LogP contribution in [-0.4, -0.2) is 108 Å². The van der Waals surface area contributed by atoms with E-state index in [9.17, 15) is 19.2 Å². The van der Waals surface area contributed by atoms with Gasteiger partial charge >= 0.3 is 12.2 Å². The third kappa shape index (κ3) is 8.56. The molecule has 3 fully saturated rings. The molecule has 362 valence electrons. The van der Waals surface area contributed by atoms with Crippen molar-refractivity contribution < 1.29 is 42.2 Å². The predicted octanol–water partition coefficient (Wildman–Crippen LogP) is 8.68. The van der Waals surface area contributed by atoms with Gasteiger partial charge in [-0.05, 0) is 94.5 Å². The molecule has 4 aliphatic rings. The summed E-state index contributed by atoms with van der Waals surface area (Å²) in [5.74, 6) is 0.415. The van der Waals surface area contributed by atoms with Crippen molar-refractivity contribution in [2.75, 3.05) is 27.3 Å². The number of nitrogens with one attached hydrogen (secondary N) is 4. The van der Waals surface area contributed by atoms with Crippen LogP contribution < -0.4 is 15.4 Å². The Hall–Kier alpha value is -6.83. The molecule has 2 saturated heterocycles. The standard InChI is InChI=1S/C49H54F2N10O7S/c1-24(2)39(57-47(64)66-5)44(62)59-15-7-9-33(59)41-53-22-31(56-41)27-18-29(50)38-35-19-28-17-26(13-14-32(28)61(35)46(68-36(38)20-27)43-54-23-37(69-43)25-11-12-25)30-21-52-42(55-30)34-10-8-16-60(34)45(63)40(49(3,4)51)58-48(65)67-6/h13-14,17-25,33-34,39-40,46H,7-12,15-16H2,1-6H3,(H,52,55)(H,53,56)(H,57,64)(H,58,65)/t33-,34-,39-,40+,46?/m0/s1. The van der Waals surface area contributed by atoms with Gasteiger partial charge in [0.2, 0.25) is 18.0 Å². The van der Waals surface area contributed by atoms with E-state index >= 15 is 8.78 Å². The number of H-pyrrole nitrogens is 2. The van der Waals surface area contributed by atoms with Gasteiger partial charge in [-0.25, -0.2) is 33.3 Å². The number of imidazole rings is 2. The van der Waals surface area contributed by atoms with Gasteiger partial charge in [0, 0.05) is 40.7 Å². The number of hydrogen-bond acceptors (Lipinski definition) is 11. The minimum Gasteiger partial charge on any atom is -0.462 e. The van der Waals surface area contributed by atoms with Crippen LogP contribution >= 0.6 is 11.3 Å². The number of carbonyl (C=O) groups excluding carboxylic acids is 4. The van der Waals surface area contributed by atoms with E-state index in [1.54, 1.807) is 33.5 Å². The van der Waals surface area contributed by atoms with Gasteiger partial charge in [-0.15, -0.1) is 11.3 Å². The maximum Gasteiger partial charge on any atom is 0.407 e. The monoisotopic (exact) mass is 964 g/mol. The number of hydrogen-bond donors (Lipinski definition) is 4. The molecule has 0 spiro atoms. The van der Waals surface area contributed by atoms with Crippen LogP contribution in [0.25, 0.3) is 44.7 Å². The fourth-order valence-electron chi connectivity index (χ4n) is 9.92. The molecule has 6 aromatic rings. The zero-order chi connectivity index (χ0) is 48.5. The zero-order valence-corrected chi connectivity index (χ0v) is 39.9. The number of carbonyl (C=O) groups is 4. The van der Waals surface area contributed by atoms with Gasteiger partial charge in [0.15, 0.2) is 5.01 Å². The Morgan fingerprint density at radius 1 is 0.826 bits per heavy atom. The third-order valence-electron chi connectivity index (χ3n) is 13.6. The van der Waals surface area contributed by atoms with Crippen molar-refractivity contribution in [2.24, 2.45) is 5.92 Å². The van der Waals surface area contributed by atoms with Crippen LogP contribution in [0.3, 0.4) is 0 Å². The molecule has 4 amide bonds. The summed E-state index contributed by atoms with van der Waals surface area (Å²) >= 11 is 1.60. The summed E-state index contributed by atoms with van der Waals surface area (Å²) in [7, 11) is 2.42. The summed E-state index contributed by atoms with van der Waals surface area (Å²) in [6.45, 7) is 7.06. The number of benzene rings is 2. The molecule has 69 heavy (non-hydrogen) atoms. The minimum atomic E-state index is -2.06. The molecule has 20 heteroatoms. The highest BCUT2D eigenvalue weighted by atomic mass is 32.1. The van der Waals surface area contributed by atoms with Gasteiger partial charge in [-0.2, -0.15) is 0 Å². The molecule has 10 rings (SSSR count). The lowest BCUT2D eigenvalue weighted by molar-refractivity contribution is -0.138. The Labute approximate surface area is 400 Å². The number of amides is 4. The lowest BCUT2D eigenvalue weighted by atomic mass is 9.99. The smallest absolute Gasteiger partial charge is 0.407 e. The van der Waals surface area contributed by atoms with E-state index in [0.29, 0.717) is 83.9 Å². The Morgan fingerprint density at radius 3 is 2.09 bits per heavy atom. The van der Waals surface area contributed by atoms with Crippen LogP contribution in [0.5, 0.6) is 5.75 Å². The molecule has 4 N–H and O–H groups in total. The normalized spacial score (nSPS) is 19.8. The number of rotatable bonds is 12. The van der Waals surface area contributed by atoms with Gasteiger partial charge in [0.1, 0.15) is 41.0 Å². The number of halogens is 2. The second-order valence-corrected chi connectivity index (χ2v) is 20.2. The first-order valence-corrected chi connectivity index (χ1v) is 24.1. The first-order valence-electron chi connectivity index (χ1n) is 23.3. The summed E-state index contributed by atoms with van der Waals surface area (Å²) in [6.07, 6.45) is 7.85. The number of methoxy groups -OCH3 is 2. The summed E-state index contributed by atoms with van der Waals surface area (Å²) in [4.78, 5) is 77.3. The first kappa shape index (κ1) is 45.9. The number of fused-ring (bicyclic) bond motifs is 5. The van der Waals surface area contributed by atoms with Crippen LogP contribution in [0, 0.1) is 11.7 Å². The molecular formula is C49H54F2N10O7S. The van der Waals surface area contributed by atoms with Crippen LogP contribution in [0.15, 0.2) is 55.0 Å². The van der Waals surface area contributed by atoms with E-state index in [1.807, 2.05) is 54.9 Å². The third-order valence-corrected chi connectivity index (χ3v) is 14.8. The Kier molecular flexibility index (Phi) is 11.9. The molecule has 3 aliphatic heterocycles. The van der Waals surface area contributed by atoms with Gasteiger partial charge in [0.05, 0.1) is 66.9 Å². The molecule has 2 aromatic carbocycles. The van der Waals surface area contributed by atoms with E-state index in [1.165, 1.54) is 31.9 Å². The lowest BCUT2D eigenvalue weighted by Gasteiger charge is -2.32. The van der Waals surface area contributed by atoms with Crippen molar-refractivity contribution in [2.45, 2.75) is 108 Å². The lowest BCUT2D eigenvalue weighted by Crippen LogP contribution is -2.56. The summed E-state index contributed by atoms with van der Waals surface area (Å²) in [5.41, 5.74) is 2.19. The largest absolute Gasteiger partial charge is 0.462 e. The number of nitrogens with zero attached hydrogens (tertiary/aromatic N) is 6. The van der Waals surface area contributed by atoms with E-state index in [-0.39, 0.29) is 17.9 Å². The molecule has 7 heterocycles. The van der Waals surface area contributed by atoms with Crippen LogP contribution in [0.4, 0.5) is 18.4 Å². The highest BCUT2D eigenvalue weighted by molar-refractivity contribution is 7.11. The van der Waals surface area contributed by atoms with Crippen LogP contribution in [0.1, 0.15) is 112 Å². The predicted molar refractivity (Wildman–Crippen MR) is 251 cm³/mol. The molecule has 1 saturated carbocycles. The number of alkyl carbamates (subject to hydrolysis) is 2. The van der Waals surface area contributed by atoms with E-state index in [4.69, 9.17) is 14.5 Å². The fourth-order valence-corrected chi connectivity index (χ4v) is 11.0. The topological polar surface area (TPSA) is 202 Å². The maximum atomic E-state index is 16.9. The van der Waals surface area contributed by atoms with Crippen molar-refractivity contribution in [3.8, 4) is 39.5 Å². The molecule has 1 unspecified atom stereocenters. The average molecular weight is 965 g/mol. The van der Waals surface area contributed by atoms with Gasteiger partial charge in [-0.1, -0.05) is 19.9 Å². The van der Waals surface area contributed by atoms with Crippen molar-refractivity contribution >= 4 is 46.2 Å². The minimum absolute atomic E-state index is 0.187. The molecular weight excluding hydrogens is 911 g/mol. The molecule has 17 nitrogen and oxygen atoms in total. The molecule has 0 bridgehead atoms. The molecule has 4 aromatic heterocycles. The van der Waals surface area contributed by atoms with Crippen LogP contribution in [-0.2, 0) is 19.1 Å². The SMILES string of the molecule is COC(=O)N[C@H](C(=O)N1CCC[C@H]1c1ncc(-c2cc(F)c3c(c2)OC(c2ncc(C4CC4)s2)n2c-3cc3cc(-c4cnc([C@@H]5CCCN5C(=O)[C@@H](NC(=O)OC)C(C)(C)F)[nH]4)ccc32)[nH]1)C(C)C. The highest BCUT2D eigenvalue weighted by Gasteiger charge is 2.44. The second kappa shape index (κ2) is 17.9. The number of ether oxygens (including phenoxy) is 3. The van der Waals surface area contributed by atoms with Gasteiger partial charge in [0.25, 0.3) is 0 Å².